The maximum Gasteiger partial charge on any atom is 0.0339 e. The number of halogens is 1. The lowest BCUT2D eigenvalue weighted by Gasteiger charge is -2.56. The maximum atomic E-state index is 6.15. The van der Waals surface area contributed by atoms with E-state index in [4.69, 9.17) is 5.73 Å². The Bertz CT molecular complexity index is 441. The van der Waals surface area contributed by atoms with Crippen LogP contribution in [0.25, 0.3) is 0 Å². The van der Waals surface area contributed by atoms with Gasteiger partial charge in [0, 0.05) is 20.7 Å². The first-order valence-corrected chi connectivity index (χ1v) is 9.41. The summed E-state index contributed by atoms with van der Waals surface area (Å²) in [6.45, 7) is 0.815. The lowest BCUT2D eigenvalue weighted by Crippen LogP contribution is -2.53. The summed E-state index contributed by atoms with van der Waals surface area (Å²) in [6.07, 6.45) is 11.3. The molecule has 2 aliphatic rings. The fourth-order valence-electron chi connectivity index (χ4n) is 4.16. The molecule has 0 aliphatic heterocycles. The van der Waals surface area contributed by atoms with Gasteiger partial charge in [-0.15, -0.1) is 11.8 Å². The molecule has 2 aliphatic carbocycles. The molecule has 2 saturated carbocycles. The minimum atomic E-state index is 0.304. The molecule has 1 aromatic rings. The highest BCUT2D eigenvalue weighted by Crippen LogP contribution is 2.62. The quantitative estimate of drug-likeness (QED) is 0.789. The van der Waals surface area contributed by atoms with Crippen LogP contribution in [0.2, 0.25) is 0 Å². The molecule has 0 radical (unpaired) electrons. The molecule has 0 unspecified atom stereocenters. The van der Waals surface area contributed by atoms with Gasteiger partial charge in [0.25, 0.3) is 0 Å². The van der Waals surface area contributed by atoms with Crippen LogP contribution in [0, 0.1) is 5.41 Å². The second-order valence-electron chi connectivity index (χ2n) is 6.71. The predicted octanol–water partition coefficient (Wildman–Crippen LogP) is 5.37. The van der Waals surface area contributed by atoms with E-state index in [2.05, 4.69) is 40.2 Å². The van der Waals surface area contributed by atoms with Gasteiger partial charge in [-0.25, -0.2) is 0 Å². The maximum absolute atomic E-state index is 6.15. The standard InChI is InChI=1S/C17H24BrNS/c18-14-5-7-15(8-6-14)20-17(13-19)11-16(12-17)9-3-1-2-4-10-16/h5-8H,1-4,9-13,19H2. The molecule has 0 atom stereocenters. The molecule has 1 spiro atoms. The van der Waals surface area contributed by atoms with Crippen LogP contribution >= 0.6 is 27.7 Å². The van der Waals surface area contributed by atoms with Gasteiger partial charge in [-0.3, -0.25) is 0 Å². The highest BCUT2D eigenvalue weighted by Gasteiger charge is 2.53. The van der Waals surface area contributed by atoms with Crippen molar-refractivity contribution in [3.63, 3.8) is 0 Å². The van der Waals surface area contributed by atoms with Crippen LogP contribution in [0.15, 0.2) is 33.6 Å². The summed E-state index contributed by atoms with van der Waals surface area (Å²) >= 11 is 5.52. The first kappa shape index (κ1) is 14.9. The van der Waals surface area contributed by atoms with Crippen molar-refractivity contribution in [3.05, 3.63) is 28.7 Å². The molecule has 0 aromatic heterocycles. The summed E-state index contributed by atoms with van der Waals surface area (Å²) in [4.78, 5) is 1.36. The van der Waals surface area contributed by atoms with Gasteiger partial charge < -0.3 is 5.73 Å². The SMILES string of the molecule is NCC1(Sc2ccc(Br)cc2)CC2(CCCCCC2)C1. The number of hydrogen-bond donors (Lipinski definition) is 1. The van der Waals surface area contributed by atoms with Gasteiger partial charge in [0.15, 0.2) is 0 Å². The highest BCUT2D eigenvalue weighted by molar-refractivity contribution is 9.10. The van der Waals surface area contributed by atoms with E-state index in [0.717, 1.165) is 11.0 Å². The fourth-order valence-corrected chi connectivity index (χ4v) is 6.03. The summed E-state index contributed by atoms with van der Waals surface area (Å²) < 4.78 is 1.45. The fraction of sp³-hybridized carbons (Fsp3) is 0.647. The number of hydrogen-bond acceptors (Lipinski definition) is 2. The van der Waals surface area contributed by atoms with E-state index >= 15 is 0 Å². The first-order chi connectivity index (χ1) is 9.65. The van der Waals surface area contributed by atoms with Crippen LogP contribution in [0.1, 0.15) is 51.4 Å². The zero-order chi connectivity index (χ0) is 14.1. The van der Waals surface area contributed by atoms with Crippen molar-refractivity contribution in [2.75, 3.05) is 6.54 Å². The van der Waals surface area contributed by atoms with Gasteiger partial charge in [-0.2, -0.15) is 0 Å². The number of thioether (sulfide) groups is 1. The monoisotopic (exact) mass is 353 g/mol. The molecule has 110 valence electrons. The average molecular weight is 354 g/mol. The third-order valence-corrected chi connectivity index (χ3v) is 7.00. The van der Waals surface area contributed by atoms with Gasteiger partial charge in [-0.05, 0) is 55.4 Å². The van der Waals surface area contributed by atoms with Crippen molar-refractivity contribution in [1.29, 1.82) is 0 Å². The van der Waals surface area contributed by atoms with Crippen molar-refractivity contribution in [2.24, 2.45) is 11.1 Å². The number of rotatable bonds is 3. The van der Waals surface area contributed by atoms with E-state index < -0.39 is 0 Å². The van der Waals surface area contributed by atoms with E-state index in [1.54, 1.807) is 0 Å². The van der Waals surface area contributed by atoms with Gasteiger partial charge in [0.2, 0.25) is 0 Å². The minimum absolute atomic E-state index is 0.304. The summed E-state index contributed by atoms with van der Waals surface area (Å²) in [7, 11) is 0. The van der Waals surface area contributed by atoms with Gasteiger partial charge in [0.05, 0.1) is 0 Å². The Hall–Kier alpha value is 0.01000. The van der Waals surface area contributed by atoms with E-state index in [0.29, 0.717) is 10.2 Å². The molecule has 0 saturated heterocycles. The Kier molecular flexibility index (Phi) is 4.49. The highest BCUT2D eigenvalue weighted by atomic mass is 79.9. The summed E-state index contributed by atoms with van der Waals surface area (Å²) in [5.74, 6) is 0. The van der Waals surface area contributed by atoms with E-state index in [9.17, 15) is 0 Å². The molecule has 0 heterocycles. The number of nitrogens with two attached hydrogens (primary N) is 1. The lowest BCUT2D eigenvalue weighted by molar-refractivity contribution is 0.0659. The second-order valence-corrected chi connectivity index (χ2v) is 9.17. The molecule has 3 heteroatoms. The normalized spacial score (nSPS) is 24.1. The Morgan fingerprint density at radius 2 is 1.60 bits per heavy atom. The topological polar surface area (TPSA) is 26.0 Å². The first-order valence-electron chi connectivity index (χ1n) is 7.80. The van der Waals surface area contributed by atoms with E-state index in [-0.39, 0.29) is 0 Å². The summed E-state index contributed by atoms with van der Waals surface area (Å²) in [5, 5.41) is 0. The lowest BCUT2D eigenvalue weighted by atomic mass is 9.58. The van der Waals surface area contributed by atoms with E-state index in [1.165, 1.54) is 56.3 Å². The Labute approximate surface area is 135 Å². The smallest absolute Gasteiger partial charge is 0.0339 e. The van der Waals surface area contributed by atoms with Crippen molar-refractivity contribution >= 4 is 27.7 Å². The van der Waals surface area contributed by atoms with Gasteiger partial charge in [-0.1, -0.05) is 41.6 Å². The van der Waals surface area contributed by atoms with E-state index in [1.807, 2.05) is 11.8 Å². The Morgan fingerprint density at radius 3 is 2.15 bits per heavy atom. The molecule has 1 aromatic carbocycles. The summed E-state index contributed by atoms with van der Waals surface area (Å²) in [5.41, 5.74) is 6.78. The summed E-state index contributed by atoms with van der Waals surface area (Å²) in [6, 6.07) is 8.69. The molecule has 2 N–H and O–H groups in total. The predicted molar refractivity (Wildman–Crippen MR) is 91.2 cm³/mol. The molecule has 2 fully saturated rings. The van der Waals surface area contributed by atoms with Crippen molar-refractivity contribution in [2.45, 2.75) is 61.0 Å². The van der Waals surface area contributed by atoms with Gasteiger partial charge in [0.1, 0.15) is 0 Å². The van der Waals surface area contributed by atoms with Gasteiger partial charge >= 0.3 is 0 Å². The molecule has 1 nitrogen and oxygen atoms in total. The van der Waals surface area contributed by atoms with Crippen molar-refractivity contribution in [1.82, 2.24) is 0 Å². The zero-order valence-corrected chi connectivity index (χ0v) is 14.4. The third-order valence-electron chi connectivity index (χ3n) is 5.08. The van der Waals surface area contributed by atoms with Crippen LogP contribution in [0.4, 0.5) is 0 Å². The molecule has 3 rings (SSSR count). The molecule has 20 heavy (non-hydrogen) atoms. The van der Waals surface area contributed by atoms with Crippen LogP contribution < -0.4 is 5.73 Å². The average Bonchev–Trinajstić information content (AvgIpc) is 2.66. The molecule has 0 bridgehead atoms. The molecular formula is C17H24BrNS. The largest absolute Gasteiger partial charge is 0.329 e. The van der Waals surface area contributed by atoms with Crippen LogP contribution in [-0.2, 0) is 0 Å². The Morgan fingerprint density at radius 1 is 1.00 bits per heavy atom. The molecular weight excluding hydrogens is 330 g/mol. The second kappa shape index (κ2) is 6.02. The third kappa shape index (κ3) is 3.10. The zero-order valence-electron chi connectivity index (χ0n) is 12.0. The molecule has 0 amide bonds. The van der Waals surface area contributed by atoms with Crippen LogP contribution in [0.3, 0.4) is 0 Å². The number of benzene rings is 1. The Balaban J connectivity index is 1.67. The minimum Gasteiger partial charge on any atom is -0.329 e. The van der Waals surface area contributed by atoms with Crippen LogP contribution in [-0.4, -0.2) is 11.3 Å². The van der Waals surface area contributed by atoms with Crippen LogP contribution in [0.5, 0.6) is 0 Å². The van der Waals surface area contributed by atoms with Crippen molar-refractivity contribution in [3.8, 4) is 0 Å². The van der Waals surface area contributed by atoms with Crippen molar-refractivity contribution < 1.29 is 0 Å².